The Hall–Kier alpha value is -0.300. The van der Waals surface area contributed by atoms with Crippen molar-refractivity contribution < 1.29 is 0 Å². The highest BCUT2D eigenvalue weighted by Crippen LogP contribution is 2.57. The summed E-state index contributed by atoms with van der Waals surface area (Å²) in [5.41, 5.74) is 5.04. The number of aryl methyl sites for hydroxylation is 2. The molecule has 0 spiro atoms. The molecule has 0 N–H and O–H groups in total. The molecular weight excluding hydrogens is 272 g/mol. The number of hydrogen-bond acceptors (Lipinski definition) is 0. The SMILES string of the molecule is Cc1ccc(C23CCC(Br)(CC2)CC3)c(C)c1. The molecule has 0 amide bonds. The van der Waals surface area contributed by atoms with Crippen LogP contribution in [0.1, 0.15) is 55.2 Å². The van der Waals surface area contributed by atoms with Crippen molar-refractivity contribution in [2.24, 2.45) is 0 Å². The summed E-state index contributed by atoms with van der Waals surface area (Å²) >= 11 is 3.96. The molecule has 0 nitrogen and oxygen atoms in total. The smallest absolute Gasteiger partial charge is 0.0259 e. The summed E-state index contributed by atoms with van der Waals surface area (Å²) in [7, 11) is 0. The summed E-state index contributed by atoms with van der Waals surface area (Å²) in [6.45, 7) is 4.49. The lowest BCUT2D eigenvalue weighted by Gasteiger charge is -2.52. The molecule has 3 fully saturated rings. The average molecular weight is 293 g/mol. The Labute approximate surface area is 113 Å². The van der Waals surface area contributed by atoms with Gasteiger partial charge in [-0.05, 0) is 68.9 Å². The number of hydrogen-bond donors (Lipinski definition) is 0. The maximum absolute atomic E-state index is 3.96. The predicted molar refractivity (Wildman–Crippen MR) is 77.0 cm³/mol. The van der Waals surface area contributed by atoms with E-state index >= 15 is 0 Å². The number of fused-ring (bicyclic) bond motifs is 3. The van der Waals surface area contributed by atoms with Crippen LogP contribution in [0.2, 0.25) is 0 Å². The second-order valence-electron chi connectivity index (χ2n) is 6.25. The van der Waals surface area contributed by atoms with E-state index in [4.69, 9.17) is 0 Å². The van der Waals surface area contributed by atoms with E-state index in [2.05, 4.69) is 48.0 Å². The lowest BCUT2D eigenvalue weighted by atomic mass is 9.57. The van der Waals surface area contributed by atoms with Gasteiger partial charge in [-0.3, -0.25) is 0 Å². The molecule has 0 aliphatic heterocycles. The zero-order valence-electron chi connectivity index (χ0n) is 10.9. The molecule has 1 aromatic carbocycles. The number of rotatable bonds is 1. The first-order valence-corrected chi connectivity index (χ1v) is 7.59. The van der Waals surface area contributed by atoms with Crippen LogP contribution in [0.15, 0.2) is 18.2 Å². The van der Waals surface area contributed by atoms with Crippen LogP contribution in [-0.4, -0.2) is 4.32 Å². The molecule has 17 heavy (non-hydrogen) atoms. The number of benzene rings is 1. The summed E-state index contributed by atoms with van der Waals surface area (Å²) in [5.74, 6) is 0. The van der Waals surface area contributed by atoms with Gasteiger partial charge in [0.25, 0.3) is 0 Å². The highest BCUT2D eigenvalue weighted by atomic mass is 79.9. The molecule has 4 rings (SSSR count). The molecule has 1 aromatic rings. The van der Waals surface area contributed by atoms with E-state index in [0.717, 1.165) is 0 Å². The fraction of sp³-hybridized carbons (Fsp3) is 0.625. The molecule has 3 saturated carbocycles. The molecule has 92 valence electrons. The molecule has 2 bridgehead atoms. The van der Waals surface area contributed by atoms with Crippen LogP contribution < -0.4 is 0 Å². The first-order valence-electron chi connectivity index (χ1n) is 6.80. The highest BCUT2D eigenvalue weighted by Gasteiger charge is 2.48. The molecule has 0 radical (unpaired) electrons. The molecule has 3 aliphatic rings. The van der Waals surface area contributed by atoms with Gasteiger partial charge in [-0.25, -0.2) is 0 Å². The van der Waals surface area contributed by atoms with Crippen LogP contribution in [0, 0.1) is 13.8 Å². The summed E-state index contributed by atoms with van der Waals surface area (Å²) in [6, 6.07) is 7.05. The van der Waals surface area contributed by atoms with Crippen molar-refractivity contribution in [1.82, 2.24) is 0 Å². The minimum absolute atomic E-state index is 0.493. The minimum atomic E-state index is 0.493. The van der Waals surface area contributed by atoms with Crippen molar-refractivity contribution in [2.75, 3.05) is 0 Å². The van der Waals surface area contributed by atoms with Gasteiger partial charge in [0.1, 0.15) is 0 Å². The summed E-state index contributed by atoms with van der Waals surface area (Å²) < 4.78 is 0.493. The van der Waals surface area contributed by atoms with Gasteiger partial charge in [-0.15, -0.1) is 0 Å². The van der Waals surface area contributed by atoms with Crippen molar-refractivity contribution in [2.45, 2.75) is 62.1 Å². The standard InChI is InChI=1S/C16H21Br/c1-12-3-4-14(13(2)11-12)15-5-8-16(17,9-6-15)10-7-15/h3-4,11H,5-10H2,1-2H3. The average Bonchev–Trinajstić information content (AvgIpc) is 2.30. The van der Waals surface area contributed by atoms with Crippen molar-refractivity contribution in [3.63, 3.8) is 0 Å². The Balaban J connectivity index is 1.99. The number of alkyl halides is 1. The van der Waals surface area contributed by atoms with Crippen LogP contribution in [0.3, 0.4) is 0 Å². The van der Waals surface area contributed by atoms with Gasteiger partial charge in [0.15, 0.2) is 0 Å². The second kappa shape index (κ2) is 3.85. The van der Waals surface area contributed by atoms with Crippen molar-refractivity contribution >= 4 is 15.9 Å². The second-order valence-corrected chi connectivity index (χ2v) is 7.93. The van der Waals surface area contributed by atoms with Gasteiger partial charge in [-0.2, -0.15) is 0 Å². The Morgan fingerprint density at radius 3 is 2.06 bits per heavy atom. The fourth-order valence-electron chi connectivity index (χ4n) is 3.95. The van der Waals surface area contributed by atoms with E-state index in [1.54, 1.807) is 5.56 Å². The maximum atomic E-state index is 3.96. The van der Waals surface area contributed by atoms with Crippen molar-refractivity contribution in [3.05, 3.63) is 34.9 Å². The lowest BCUT2D eigenvalue weighted by molar-refractivity contribution is 0.162. The summed E-state index contributed by atoms with van der Waals surface area (Å²) in [5, 5.41) is 0. The zero-order valence-corrected chi connectivity index (χ0v) is 12.4. The third-order valence-corrected chi connectivity index (χ3v) is 6.30. The number of halogens is 1. The topological polar surface area (TPSA) is 0 Å². The van der Waals surface area contributed by atoms with Gasteiger partial charge in [0.05, 0.1) is 0 Å². The lowest BCUT2D eigenvalue weighted by Crippen LogP contribution is -2.45. The quantitative estimate of drug-likeness (QED) is 0.636. The van der Waals surface area contributed by atoms with E-state index in [1.807, 2.05) is 0 Å². The highest BCUT2D eigenvalue weighted by molar-refractivity contribution is 9.10. The van der Waals surface area contributed by atoms with Crippen LogP contribution in [0.4, 0.5) is 0 Å². The van der Waals surface area contributed by atoms with Crippen LogP contribution in [0.25, 0.3) is 0 Å². The van der Waals surface area contributed by atoms with Crippen molar-refractivity contribution in [3.8, 4) is 0 Å². The zero-order chi connectivity index (χ0) is 12.1. The predicted octanol–water partition coefficient (Wildman–Crippen LogP) is 5.04. The largest absolute Gasteiger partial charge is 0.0853 e. The normalized spacial score (nSPS) is 36.2. The van der Waals surface area contributed by atoms with E-state index in [1.165, 1.54) is 49.7 Å². The molecule has 0 saturated heterocycles. The van der Waals surface area contributed by atoms with Crippen LogP contribution in [0.5, 0.6) is 0 Å². The van der Waals surface area contributed by atoms with Crippen LogP contribution in [-0.2, 0) is 5.41 Å². The third-order valence-electron chi connectivity index (χ3n) is 5.11. The molecule has 0 unspecified atom stereocenters. The first kappa shape index (κ1) is 11.8. The monoisotopic (exact) mass is 292 g/mol. The third kappa shape index (κ3) is 1.87. The summed E-state index contributed by atoms with van der Waals surface area (Å²) in [4.78, 5) is 0. The van der Waals surface area contributed by atoms with Gasteiger partial charge in [-0.1, -0.05) is 39.7 Å². The maximum Gasteiger partial charge on any atom is 0.0259 e. The molecule has 0 atom stereocenters. The van der Waals surface area contributed by atoms with Crippen molar-refractivity contribution in [1.29, 1.82) is 0 Å². The van der Waals surface area contributed by atoms with E-state index < -0.39 is 0 Å². The minimum Gasteiger partial charge on any atom is -0.0853 e. The van der Waals surface area contributed by atoms with Gasteiger partial charge in [0, 0.05) is 4.32 Å². The van der Waals surface area contributed by atoms with E-state index in [-0.39, 0.29) is 0 Å². The Morgan fingerprint density at radius 2 is 1.53 bits per heavy atom. The molecular formula is C16H21Br. The van der Waals surface area contributed by atoms with Gasteiger partial charge in [0.2, 0.25) is 0 Å². The molecule has 0 heterocycles. The van der Waals surface area contributed by atoms with Gasteiger partial charge >= 0.3 is 0 Å². The molecule has 0 aromatic heterocycles. The Morgan fingerprint density at radius 1 is 0.941 bits per heavy atom. The molecule has 3 aliphatic carbocycles. The van der Waals surface area contributed by atoms with E-state index in [0.29, 0.717) is 9.74 Å². The Bertz CT molecular complexity index is 422. The van der Waals surface area contributed by atoms with Crippen LogP contribution >= 0.6 is 15.9 Å². The fourth-order valence-corrected chi connectivity index (χ4v) is 4.55. The van der Waals surface area contributed by atoms with Gasteiger partial charge < -0.3 is 0 Å². The van der Waals surface area contributed by atoms with E-state index in [9.17, 15) is 0 Å². The first-order chi connectivity index (χ1) is 8.03. The Kier molecular flexibility index (Phi) is 2.66. The summed E-state index contributed by atoms with van der Waals surface area (Å²) in [6.07, 6.45) is 8.22. The molecule has 1 heteroatoms.